The first-order valence-corrected chi connectivity index (χ1v) is 6.74. The lowest BCUT2D eigenvalue weighted by molar-refractivity contribution is -0.129. The summed E-state index contributed by atoms with van der Waals surface area (Å²) in [6, 6.07) is 5.26. The molecule has 2 aromatic heterocycles. The van der Waals surface area contributed by atoms with Crippen molar-refractivity contribution in [1.29, 1.82) is 0 Å². The zero-order valence-electron chi connectivity index (χ0n) is 12.8. The molecule has 0 N–H and O–H groups in total. The number of hydrogen-bond acceptors (Lipinski definition) is 4. The molecule has 0 radical (unpaired) electrons. The van der Waals surface area contributed by atoms with Crippen molar-refractivity contribution >= 4 is 11.6 Å². The highest BCUT2D eigenvalue weighted by Crippen LogP contribution is 2.04. The smallest absolute Gasteiger partial charge is 0.258 e. The van der Waals surface area contributed by atoms with Crippen LogP contribution < -0.4 is 5.56 Å². The van der Waals surface area contributed by atoms with Gasteiger partial charge in [0.25, 0.3) is 5.56 Å². The third-order valence-corrected chi connectivity index (χ3v) is 3.20. The highest BCUT2D eigenvalue weighted by atomic mass is 16.2. The molecule has 0 aliphatic carbocycles. The maximum absolute atomic E-state index is 12.1. The monoisotopic (exact) mass is 288 g/mol. The van der Waals surface area contributed by atoms with Crippen LogP contribution in [0.25, 0.3) is 5.65 Å². The lowest BCUT2D eigenvalue weighted by atomic mass is 10.3. The van der Waals surface area contributed by atoms with Gasteiger partial charge in [0.05, 0.1) is 12.2 Å². The molecule has 0 aliphatic rings. The molecule has 2 rings (SSSR count). The van der Waals surface area contributed by atoms with E-state index in [2.05, 4.69) is 4.98 Å². The predicted molar refractivity (Wildman–Crippen MR) is 81.2 cm³/mol. The van der Waals surface area contributed by atoms with Crippen LogP contribution in [0.1, 0.15) is 11.3 Å². The van der Waals surface area contributed by atoms with Crippen molar-refractivity contribution in [2.45, 2.75) is 13.5 Å². The van der Waals surface area contributed by atoms with Gasteiger partial charge in [-0.15, -0.1) is 0 Å². The summed E-state index contributed by atoms with van der Waals surface area (Å²) in [6.07, 6.45) is 1.77. The first-order valence-electron chi connectivity index (χ1n) is 6.74. The third kappa shape index (κ3) is 3.66. The quantitative estimate of drug-likeness (QED) is 0.823. The zero-order chi connectivity index (χ0) is 15.6. The SMILES string of the molecule is Cc1ccc2nc(CN(C)CC(=O)N(C)C)cc(=O)n2c1. The molecule has 112 valence electrons. The number of carbonyl (C=O) groups excluding carboxylic acids is 1. The highest BCUT2D eigenvalue weighted by molar-refractivity contribution is 5.77. The van der Waals surface area contributed by atoms with Crippen molar-refractivity contribution in [3.05, 3.63) is 46.0 Å². The van der Waals surface area contributed by atoms with Gasteiger partial charge in [-0.2, -0.15) is 0 Å². The van der Waals surface area contributed by atoms with E-state index in [0.29, 0.717) is 24.4 Å². The summed E-state index contributed by atoms with van der Waals surface area (Å²) in [5.41, 5.74) is 2.19. The minimum absolute atomic E-state index is 0.0191. The van der Waals surface area contributed by atoms with Crippen molar-refractivity contribution in [2.75, 3.05) is 27.7 Å². The van der Waals surface area contributed by atoms with E-state index >= 15 is 0 Å². The molecule has 6 heteroatoms. The summed E-state index contributed by atoms with van der Waals surface area (Å²) in [6.45, 7) is 2.68. The normalized spacial score (nSPS) is 11.1. The Bertz CT molecular complexity index is 721. The van der Waals surface area contributed by atoms with E-state index in [-0.39, 0.29) is 11.5 Å². The average Bonchev–Trinajstić information content (AvgIpc) is 2.39. The molecule has 0 fully saturated rings. The zero-order valence-corrected chi connectivity index (χ0v) is 12.8. The van der Waals surface area contributed by atoms with Crippen molar-refractivity contribution in [3.63, 3.8) is 0 Å². The fraction of sp³-hybridized carbons (Fsp3) is 0.400. The van der Waals surface area contributed by atoms with E-state index < -0.39 is 0 Å². The Kier molecular flexibility index (Phi) is 4.37. The first kappa shape index (κ1) is 15.2. The Morgan fingerprint density at radius 3 is 2.67 bits per heavy atom. The number of rotatable bonds is 4. The van der Waals surface area contributed by atoms with Crippen LogP contribution in [0.2, 0.25) is 0 Å². The Balaban J connectivity index is 2.21. The topological polar surface area (TPSA) is 57.9 Å². The molecule has 0 unspecified atom stereocenters. The van der Waals surface area contributed by atoms with Crippen molar-refractivity contribution in [1.82, 2.24) is 19.2 Å². The molecular weight excluding hydrogens is 268 g/mol. The maximum Gasteiger partial charge on any atom is 0.258 e. The summed E-state index contributed by atoms with van der Waals surface area (Å²) < 4.78 is 1.53. The summed E-state index contributed by atoms with van der Waals surface area (Å²) >= 11 is 0. The summed E-state index contributed by atoms with van der Waals surface area (Å²) in [5, 5.41) is 0. The summed E-state index contributed by atoms with van der Waals surface area (Å²) in [4.78, 5) is 31.6. The Labute approximate surface area is 123 Å². The standard InChI is InChI=1S/C15H20N4O2/c1-11-5-6-13-16-12(7-14(20)19(13)8-11)9-18(4)10-15(21)17(2)3/h5-8H,9-10H2,1-4H3. The van der Waals surface area contributed by atoms with Crippen LogP contribution in [0.4, 0.5) is 0 Å². The predicted octanol–water partition coefficient (Wildman–Crippen LogP) is 0.523. The number of likely N-dealkylation sites (N-methyl/N-ethyl adjacent to an activating group) is 2. The van der Waals surface area contributed by atoms with Crippen LogP contribution in [0.15, 0.2) is 29.2 Å². The molecule has 0 bridgehead atoms. The van der Waals surface area contributed by atoms with Crippen molar-refractivity contribution in [2.24, 2.45) is 0 Å². The number of amides is 1. The second kappa shape index (κ2) is 6.05. The van der Waals surface area contributed by atoms with Gasteiger partial charge < -0.3 is 4.90 Å². The third-order valence-electron chi connectivity index (χ3n) is 3.20. The molecule has 6 nitrogen and oxygen atoms in total. The van der Waals surface area contributed by atoms with E-state index in [1.807, 2.05) is 31.0 Å². The molecule has 0 saturated heterocycles. The highest BCUT2D eigenvalue weighted by Gasteiger charge is 2.10. The molecule has 0 aromatic carbocycles. The minimum atomic E-state index is -0.106. The second-order valence-electron chi connectivity index (χ2n) is 5.48. The van der Waals surface area contributed by atoms with Gasteiger partial charge in [0.1, 0.15) is 5.65 Å². The summed E-state index contributed by atoms with van der Waals surface area (Å²) in [7, 11) is 5.28. The average molecular weight is 288 g/mol. The largest absolute Gasteiger partial charge is 0.348 e. The number of aryl methyl sites for hydroxylation is 1. The van der Waals surface area contributed by atoms with E-state index in [4.69, 9.17) is 0 Å². The molecule has 2 heterocycles. The molecule has 2 aromatic rings. The number of carbonyl (C=O) groups is 1. The van der Waals surface area contributed by atoms with Gasteiger partial charge in [-0.1, -0.05) is 6.07 Å². The van der Waals surface area contributed by atoms with Crippen molar-refractivity contribution in [3.8, 4) is 0 Å². The minimum Gasteiger partial charge on any atom is -0.348 e. The Hall–Kier alpha value is -2.21. The molecule has 0 spiro atoms. The molecule has 0 atom stereocenters. The van der Waals surface area contributed by atoms with Gasteiger partial charge >= 0.3 is 0 Å². The van der Waals surface area contributed by atoms with Gasteiger partial charge in [0, 0.05) is 32.9 Å². The van der Waals surface area contributed by atoms with Crippen LogP contribution in [-0.2, 0) is 11.3 Å². The van der Waals surface area contributed by atoms with Crippen LogP contribution in [0.5, 0.6) is 0 Å². The van der Waals surface area contributed by atoms with Gasteiger partial charge in [-0.25, -0.2) is 4.98 Å². The number of fused-ring (bicyclic) bond motifs is 1. The second-order valence-corrected chi connectivity index (χ2v) is 5.48. The number of aromatic nitrogens is 2. The van der Waals surface area contributed by atoms with E-state index in [1.54, 1.807) is 25.2 Å². The number of pyridine rings is 1. The molecule has 21 heavy (non-hydrogen) atoms. The maximum atomic E-state index is 12.1. The fourth-order valence-electron chi connectivity index (χ4n) is 2.04. The Morgan fingerprint density at radius 1 is 1.29 bits per heavy atom. The van der Waals surface area contributed by atoms with Crippen LogP contribution in [-0.4, -0.2) is 52.8 Å². The lowest BCUT2D eigenvalue weighted by Gasteiger charge is -2.18. The Morgan fingerprint density at radius 2 is 2.00 bits per heavy atom. The van der Waals surface area contributed by atoms with Crippen molar-refractivity contribution < 1.29 is 4.79 Å². The molecular formula is C15H20N4O2. The van der Waals surface area contributed by atoms with E-state index in [0.717, 1.165) is 5.56 Å². The number of nitrogens with zero attached hydrogens (tertiary/aromatic N) is 4. The van der Waals surface area contributed by atoms with Gasteiger partial charge in [-0.3, -0.25) is 18.9 Å². The van der Waals surface area contributed by atoms with Crippen LogP contribution >= 0.6 is 0 Å². The van der Waals surface area contributed by atoms with E-state index in [9.17, 15) is 9.59 Å². The molecule has 0 saturated carbocycles. The van der Waals surface area contributed by atoms with Crippen LogP contribution in [0, 0.1) is 6.92 Å². The number of hydrogen-bond donors (Lipinski definition) is 0. The first-order chi connectivity index (χ1) is 9.86. The molecule has 0 aliphatic heterocycles. The van der Waals surface area contributed by atoms with E-state index in [1.165, 1.54) is 10.5 Å². The van der Waals surface area contributed by atoms with Gasteiger partial charge in [0.15, 0.2) is 0 Å². The van der Waals surface area contributed by atoms with Gasteiger partial charge in [0.2, 0.25) is 5.91 Å². The lowest BCUT2D eigenvalue weighted by Crippen LogP contribution is -2.34. The van der Waals surface area contributed by atoms with Gasteiger partial charge in [-0.05, 0) is 25.6 Å². The summed E-state index contributed by atoms with van der Waals surface area (Å²) in [5.74, 6) is 0.0191. The fourth-order valence-corrected chi connectivity index (χ4v) is 2.04. The van der Waals surface area contributed by atoms with Crippen LogP contribution in [0.3, 0.4) is 0 Å². The molecule has 1 amide bonds.